The first-order chi connectivity index (χ1) is 14.6. The highest BCUT2D eigenvalue weighted by Gasteiger charge is 2.29. The molecule has 0 aliphatic heterocycles. The third-order valence-electron chi connectivity index (χ3n) is 6.18. The summed E-state index contributed by atoms with van der Waals surface area (Å²) in [7, 11) is 0. The van der Waals surface area contributed by atoms with Crippen LogP contribution in [0.5, 0.6) is 0 Å². The van der Waals surface area contributed by atoms with E-state index < -0.39 is 0 Å². The fourth-order valence-corrected chi connectivity index (χ4v) is 5.66. The van der Waals surface area contributed by atoms with Gasteiger partial charge in [0.05, 0.1) is 12.2 Å². The molecule has 2 rings (SSSR count). The minimum absolute atomic E-state index is 0.0223. The number of carbonyl (C=O) groups excluding carboxylic acids is 2. The maximum absolute atomic E-state index is 12.6. The van der Waals surface area contributed by atoms with Gasteiger partial charge in [-0.1, -0.05) is 71.6 Å². The first-order valence-corrected chi connectivity index (χ1v) is 13.0. The van der Waals surface area contributed by atoms with Crippen LogP contribution in [0.3, 0.4) is 0 Å². The first kappa shape index (κ1) is 24.9. The molecule has 5 heteroatoms. The molecule has 0 spiro atoms. The standard InChI is InChI=1S/C25H41NO3S/c1-4-7-8-9-10-11-12-13-14-15-22(27)26-24-23(25(28)29-6-3)20-17-16-19(5-2)18-21(20)30-24/h19H,4-18H2,1-3H3,(H,26,27)/t19-/m1/s1. The van der Waals surface area contributed by atoms with Crippen molar-refractivity contribution in [2.45, 2.75) is 111 Å². The molecule has 1 aromatic heterocycles. The van der Waals surface area contributed by atoms with Crippen LogP contribution in [-0.2, 0) is 22.4 Å². The Hall–Kier alpha value is -1.36. The zero-order valence-electron chi connectivity index (χ0n) is 19.3. The highest BCUT2D eigenvalue weighted by atomic mass is 32.1. The topological polar surface area (TPSA) is 55.4 Å². The molecule has 1 aliphatic rings. The Balaban J connectivity index is 1.84. The smallest absolute Gasteiger partial charge is 0.341 e. The SMILES string of the molecule is CCCCCCCCCCCC(=O)Nc1sc2c(c1C(=O)OCC)CC[C@@H](CC)C2. The molecule has 0 fully saturated rings. The van der Waals surface area contributed by atoms with E-state index >= 15 is 0 Å². The predicted octanol–water partition coefficient (Wildman–Crippen LogP) is 7.30. The van der Waals surface area contributed by atoms with E-state index in [1.807, 2.05) is 6.92 Å². The van der Waals surface area contributed by atoms with Gasteiger partial charge in [-0.25, -0.2) is 4.79 Å². The van der Waals surface area contributed by atoms with Gasteiger partial charge in [0.1, 0.15) is 5.00 Å². The van der Waals surface area contributed by atoms with Crippen molar-refractivity contribution in [1.29, 1.82) is 0 Å². The predicted molar refractivity (Wildman–Crippen MR) is 127 cm³/mol. The number of esters is 1. The molecule has 30 heavy (non-hydrogen) atoms. The van der Waals surface area contributed by atoms with E-state index in [1.165, 1.54) is 49.8 Å². The third-order valence-corrected chi connectivity index (χ3v) is 7.35. The lowest BCUT2D eigenvalue weighted by molar-refractivity contribution is -0.116. The minimum atomic E-state index is -0.289. The molecule has 0 unspecified atom stereocenters. The number of hydrogen-bond acceptors (Lipinski definition) is 4. The number of nitrogens with one attached hydrogen (secondary N) is 1. The molecular weight excluding hydrogens is 394 g/mol. The number of rotatable bonds is 14. The molecule has 1 aromatic rings. The number of hydrogen-bond donors (Lipinski definition) is 1. The van der Waals surface area contributed by atoms with E-state index in [4.69, 9.17) is 4.74 Å². The van der Waals surface area contributed by atoms with Gasteiger partial charge in [-0.3, -0.25) is 4.79 Å². The largest absolute Gasteiger partial charge is 0.462 e. The Morgan fingerprint density at radius 1 is 1.00 bits per heavy atom. The Morgan fingerprint density at radius 2 is 1.67 bits per heavy atom. The highest BCUT2D eigenvalue weighted by Crippen LogP contribution is 2.40. The van der Waals surface area contributed by atoms with Gasteiger partial charge < -0.3 is 10.1 Å². The van der Waals surface area contributed by atoms with Gasteiger partial charge >= 0.3 is 5.97 Å². The minimum Gasteiger partial charge on any atom is -0.462 e. The van der Waals surface area contributed by atoms with E-state index in [-0.39, 0.29) is 11.9 Å². The Kier molecular flexibility index (Phi) is 11.5. The molecule has 1 N–H and O–H groups in total. The lowest BCUT2D eigenvalue weighted by Crippen LogP contribution is -2.17. The lowest BCUT2D eigenvalue weighted by atomic mass is 9.85. The second kappa shape index (κ2) is 13.8. The summed E-state index contributed by atoms with van der Waals surface area (Å²) in [4.78, 5) is 26.4. The summed E-state index contributed by atoms with van der Waals surface area (Å²) in [5, 5.41) is 3.75. The number of fused-ring (bicyclic) bond motifs is 1. The number of unbranched alkanes of at least 4 members (excludes halogenated alkanes) is 8. The number of carbonyl (C=O) groups is 2. The average Bonchev–Trinajstić information content (AvgIpc) is 3.09. The summed E-state index contributed by atoms with van der Waals surface area (Å²) in [6.07, 6.45) is 15.9. The summed E-state index contributed by atoms with van der Waals surface area (Å²) in [5.74, 6) is 0.411. The second-order valence-electron chi connectivity index (χ2n) is 8.57. The molecule has 0 radical (unpaired) electrons. The van der Waals surface area contributed by atoms with E-state index in [1.54, 1.807) is 11.3 Å². The molecule has 0 saturated heterocycles. The molecule has 170 valence electrons. The number of anilines is 1. The number of ether oxygens (including phenoxy) is 1. The van der Waals surface area contributed by atoms with Crippen molar-refractivity contribution in [3.63, 3.8) is 0 Å². The molecule has 1 heterocycles. The van der Waals surface area contributed by atoms with Crippen molar-refractivity contribution in [2.75, 3.05) is 11.9 Å². The van der Waals surface area contributed by atoms with Gasteiger partial charge in [0, 0.05) is 11.3 Å². The van der Waals surface area contributed by atoms with E-state index in [0.717, 1.165) is 44.1 Å². The zero-order valence-corrected chi connectivity index (χ0v) is 20.1. The fraction of sp³-hybridized carbons (Fsp3) is 0.760. The van der Waals surface area contributed by atoms with Gasteiger partial charge in [-0.15, -0.1) is 11.3 Å². The van der Waals surface area contributed by atoms with Crippen LogP contribution in [0.1, 0.15) is 119 Å². The van der Waals surface area contributed by atoms with Crippen molar-refractivity contribution in [3.05, 3.63) is 16.0 Å². The highest BCUT2D eigenvalue weighted by molar-refractivity contribution is 7.17. The summed E-state index contributed by atoms with van der Waals surface area (Å²) in [5.41, 5.74) is 1.73. The first-order valence-electron chi connectivity index (χ1n) is 12.2. The Morgan fingerprint density at radius 3 is 2.30 bits per heavy atom. The van der Waals surface area contributed by atoms with Crippen molar-refractivity contribution >= 4 is 28.2 Å². The number of amides is 1. The third kappa shape index (κ3) is 7.72. The molecule has 4 nitrogen and oxygen atoms in total. The molecule has 1 amide bonds. The Bertz CT molecular complexity index is 668. The molecule has 1 aliphatic carbocycles. The van der Waals surface area contributed by atoms with E-state index in [0.29, 0.717) is 29.5 Å². The fourth-order valence-electron chi connectivity index (χ4n) is 4.30. The Labute approximate surface area is 187 Å². The van der Waals surface area contributed by atoms with Gasteiger partial charge in [0.25, 0.3) is 0 Å². The van der Waals surface area contributed by atoms with Crippen molar-refractivity contribution in [3.8, 4) is 0 Å². The molecule has 1 atom stereocenters. The van der Waals surface area contributed by atoms with Crippen molar-refractivity contribution in [1.82, 2.24) is 0 Å². The second-order valence-corrected chi connectivity index (χ2v) is 9.68. The van der Waals surface area contributed by atoms with Crippen LogP contribution >= 0.6 is 11.3 Å². The maximum atomic E-state index is 12.6. The van der Waals surface area contributed by atoms with Crippen LogP contribution < -0.4 is 5.32 Å². The van der Waals surface area contributed by atoms with Crippen LogP contribution in [0.15, 0.2) is 0 Å². The van der Waals surface area contributed by atoms with E-state index in [2.05, 4.69) is 19.2 Å². The van der Waals surface area contributed by atoms with Crippen LogP contribution in [0.25, 0.3) is 0 Å². The molecule has 0 bridgehead atoms. The summed E-state index contributed by atoms with van der Waals surface area (Å²) >= 11 is 1.59. The molecule has 0 aromatic carbocycles. The monoisotopic (exact) mass is 435 g/mol. The summed E-state index contributed by atoms with van der Waals surface area (Å²) in [6, 6.07) is 0. The van der Waals surface area contributed by atoms with Gasteiger partial charge in [0.2, 0.25) is 5.91 Å². The van der Waals surface area contributed by atoms with Crippen LogP contribution in [0.4, 0.5) is 5.00 Å². The van der Waals surface area contributed by atoms with Gasteiger partial charge in [-0.05, 0) is 44.1 Å². The normalized spacial score (nSPS) is 15.6. The van der Waals surface area contributed by atoms with Crippen molar-refractivity contribution in [2.24, 2.45) is 5.92 Å². The zero-order chi connectivity index (χ0) is 21.8. The lowest BCUT2D eigenvalue weighted by Gasteiger charge is -2.20. The van der Waals surface area contributed by atoms with E-state index in [9.17, 15) is 9.59 Å². The summed E-state index contributed by atoms with van der Waals surface area (Å²) < 4.78 is 5.30. The molecule has 0 saturated carbocycles. The van der Waals surface area contributed by atoms with Gasteiger partial charge in [-0.2, -0.15) is 0 Å². The van der Waals surface area contributed by atoms with Gasteiger partial charge in [0.15, 0.2) is 0 Å². The van der Waals surface area contributed by atoms with Crippen LogP contribution in [0, 0.1) is 5.92 Å². The van der Waals surface area contributed by atoms with Crippen LogP contribution in [-0.4, -0.2) is 18.5 Å². The average molecular weight is 436 g/mol. The maximum Gasteiger partial charge on any atom is 0.341 e. The quantitative estimate of drug-likeness (QED) is 0.246. The molecular formula is C25H41NO3S. The van der Waals surface area contributed by atoms with Crippen LogP contribution in [0.2, 0.25) is 0 Å². The summed E-state index contributed by atoms with van der Waals surface area (Å²) in [6.45, 7) is 6.65. The number of thiophene rings is 1. The van der Waals surface area contributed by atoms with Crippen molar-refractivity contribution < 1.29 is 14.3 Å².